The SMILES string of the molecule is CCCNC(=O)C(C)(N)C1C2CC3CC(C2)CC1C3. The van der Waals surface area contributed by atoms with E-state index in [-0.39, 0.29) is 5.91 Å². The smallest absolute Gasteiger partial charge is 0.240 e. The second-order valence-electron chi connectivity index (χ2n) is 7.50. The Balaban J connectivity index is 1.75. The summed E-state index contributed by atoms with van der Waals surface area (Å²) in [7, 11) is 0. The van der Waals surface area contributed by atoms with Crippen LogP contribution in [-0.2, 0) is 4.79 Å². The van der Waals surface area contributed by atoms with Gasteiger partial charge in [-0.25, -0.2) is 0 Å². The molecule has 4 fully saturated rings. The number of hydrogen-bond donors (Lipinski definition) is 2. The summed E-state index contributed by atoms with van der Waals surface area (Å²) in [6.07, 6.45) is 7.72. The molecule has 1 amide bonds. The van der Waals surface area contributed by atoms with Gasteiger partial charge in [-0.05, 0) is 75.0 Å². The van der Waals surface area contributed by atoms with Crippen molar-refractivity contribution in [2.75, 3.05) is 6.54 Å². The van der Waals surface area contributed by atoms with Gasteiger partial charge in [0.2, 0.25) is 5.91 Å². The maximum Gasteiger partial charge on any atom is 0.240 e. The van der Waals surface area contributed by atoms with Gasteiger partial charge in [0.25, 0.3) is 0 Å². The Bertz CT molecular complexity index is 336. The van der Waals surface area contributed by atoms with Gasteiger partial charge in [-0.2, -0.15) is 0 Å². The first kappa shape index (κ1) is 13.4. The van der Waals surface area contributed by atoms with Gasteiger partial charge in [0.15, 0.2) is 0 Å². The van der Waals surface area contributed by atoms with Gasteiger partial charge in [0, 0.05) is 6.54 Å². The van der Waals surface area contributed by atoms with Gasteiger partial charge in [0.1, 0.15) is 0 Å². The summed E-state index contributed by atoms with van der Waals surface area (Å²) in [5.74, 6) is 3.78. The molecule has 3 N–H and O–H groups in total. The molecule has 0 spiro atoms. The average Bonchev–Trinajstić information content (AvgIpc) is 2.34. The number of nitrogens with two attached hydrogens (primary N) is 1. The number of carbonyl (C=O) groups excluding carboxylic acids is 1. The number of carbonyl (C=O) groups is 1. The van der Waals surface area contributed by atoms with Crippen LogP contribution in [0.1, 0.15) is 52.4 Å². The van der Waals surface area contributed by atoms with Gasteiger partial charge in [-0.3, -0.25) is 4.79 Å². The first-order valence-electron chi connectivity index (χ1n) is 8.09. The molecule has 4 saturated carbocycles. The summed E-state index contributed by atoms with van der Waals surface area (Å²) in [5, 5.41) is 3.02. The molecule has 3 nitrogen and oxygen atoms in total. The van der Waals surface area contributed by atoms with E-state index in [0.29, 0.717) is 17.8 Å². The van der Waals surface area contributed by atoms with Crippen molar-refractivity contribution < 1.29 is 4.79 Å². The van der Waals surface area contributed by atoms with Gasteiger partial charge in [0.05, 0.1) is 5.54 Å². The Morgan fingerprint density at radius 2 is 1.68 bits per heavy atom. The predicted molar refractivity (Wildman–Crippen MR) is 76.4 cm³/mol. The molecule has 4 bridgehead atoms. The lowest BCUT2D eigenvalue weighted by molar-refractivity contribution is -0.136. The zero-order valence-electron chi connectivity index (χ0n) is 12.3. The Labute approximate surface area is 116 Å². The highest BCUT2D eigenvalue weighted by atomic mass is 16.2. The standard InChI is InChI=1S/C16H28N2O/c1-3-4-18-15(19)16(2,17)14-12-6-10-5-11(8-12)9-13(14)7-10/h10-14H,3-9,17H2,1-2H3,(H,18,19). The predicted octanol–water partition coefficient (Wildman–Crippen LogP) is 2.30. The van der Waals surface area contributed by atoms with E-state index in [2.05, 4.69) is 12.2 Å². The first-order chi connectivity index (χ1) is 9.02. The van der Waals surface area contributed by atoms with Crippen molar-refractivity contribution in [2.24, 2.45) is 35.3 Å². The van der Waals surface area contributed by atoms with E-state index in [9.17, 15) is 4.79 Å². The van der Waals surface area contributed by atoms with Gasteiger partial charge in [-0.1, -0.05) is 6.92 Å². The van der Waals surface area contributed by atoms with E-state index in [1.54, 1.807) is 0 Å². The summed E-state index contributed by atoms with van der Waals surface area (Å²) < 4.78 is 0. The highest BCUT2D eigenvalue weighted by molar-refractivity contribution is 5.86. The van der Waals surface area contributed by atoms with Crippen molar-refractivity contribution in [2.45, 2.75) is 57.9 Å². The lowest BCUT2D eigenvalue weighted by Crippen LogP contribution is -2.64. The van der Waals surface area contributed by atoms with Gasteiger partial charge >= 0.3 is 0 Å². The Hall–Kier alpha value is -0.570. The second kappa shape index (κ2) is 4.76. The third-order valence-electron chi connectivity index (χ3n) is 5.94. The van der Waals surface area contributed by atoms with Crippen molar-refractivity contribution >= 4 is 5.91 Å². The van der Waals surface area contributed by atoms with E-state index in [1.165, 1.54) is 32.1 Å². The lowest BCUT2D eigenvalue weighted by Gasteiger charge is -2.58. The number of amides is 1. The molecule has 4 aliphatic carbocycles. The van der Waals surface area contributed by atoms with Crippen LogP contribution in [0, 0.1) is 29.6 Å². The fourth-order valence-corrected chi connectivity index (χ4v) is 5.48. The van der Waals surface area contributed by atoms with Crippen LogP contribution < -0.4 is 11.1 Å². The summed E-state index contributed by atoms with van der Waals surface area (Å²) in [6.45, 7) is 4.81. The highest BCUT2D eigenvalue weighted by Crippen LogP contribution is 2.58. The topological polar surface area (TPSA) is 55.1 Å². The Morgan fingerprint density at radius 3 is 2.16 bits per heavy atom. The van der Waals surface area contributed by atoms with Crippen LogP contribution in [-0.4, -0.2) is 18.0 Å². The maximum absolute atomic E-state index is 12.4. The fraction of sp³-hybridized carbons (Fsp3) is 0.938. The molecule has 4 rings (SSSR count). The molecule has 0 aromatic heterocycles. The van der Waals surface area contributed by atoms with E-state index in [4.69, 9.17) is 5.73 Å². The Kier molecular flexibility index (Phi) is 3.36. The zero-order valence-corrected chi connectivity index (χ0v) is 12.3. The summed E-state index contributed by atoms with van der Waals surface area (Å²) in [4.78, 5) is 12.4. The molecule has 0 aromatic carbocycles. The van der Waals surface area contributed by atoms with Crippen LogP contribution >= 0.6 is 0 Å². The van der Waals surface area contributed by atoms with E-state index < -0.39 is 5.54 Å². The lowest BCUT2D eigenvalue weighted by atomic mass is 9.48. The fourth-order valence-electron chi connectivity index (χ4n) is 5.48. The van der Waals surface area contributed by atoms with Crippen LogP contribution in [0.4, 0.5) is 0 Å². The molecular formula is C16H28N2O. The first-order valence-corrected chi connectivity index (χ1v) is 8.09. The summed E-state index contributed by atoms with van der Waals surface area (Å²) >= 11 is 0. The van der Waals surface area contributed by atoms with Gasteiger partial charge in [-0.15, -0.1) is 0 Å². The van der Waals surface area contributed by atoms with Crippen molar-refractivity contribution in [1.82, 2.24) is 5.32 Å². The number of nitrogens with one attached hydrogen (secondary N) is 1. The molecule has 0 saturated heterocycles. The van der Waals surface area contributed by atoms with Crippen LogP contribution in [0.25, 0.3) is 0 Å². The third kappa shape index (κ3) is 2.20. The molecule has 0 radical (unpaired) electrons. The van der Waals surface area contributed by atoms with Crippen molar-refractivity contribution in [3.63, 3.8) is 0 Å². The molecule has 19 heavy (non-hydrogen) atoms. The van der Waals surface area contributed by atoms with E-state index >= 15 is 0 Å². The molecule has 1 atom stereocenters. The minimum atomic E-state index is -0.669. The van der Waals surface area contributed by atoms with E-state index in [1.807, 2.05) is 6.92 Å². The zero-order chi connectivity index (χ0) is 13.6. The number of hydrogen-bond acceptors (Lipinski definition) is 2. The molecule has 108 valence electrons. The Morgan fingerprint density at radius 1 is 1.16 bits per heavy atom. The normalized spacial score (nSPS) is 43.0. The molecule has 0 aliphatic heterocycles. The monoisotopic (exact) mass is 264 g/mol. The van der Waals surface area contributed by atoms with Crippen LogP contribution in [0.15, 0.2) is 0 Å². The van der Waals surface area contributed by atoms with Crippen molar-refractivity contribution in [3.05, 3.63) is 0 Å². The van der Waals surface area contributed by atoms with Crippen LogP contribution in [0.2, 0.25) is 0 Å². The minimum absolute atomic E-state index is 0.0758. The summed E-state index contributed by atoms with van der Waals surface area (Å²) in [6, 6.07) is 0. The highest BCUT2D eigenvalue weighted by Gasteiger charge is 2.55. The second-order valence-corrected chi connectivity index (χ2v) is 7.50. The quantitative estimate of drug-likeness (QED) is 0.818. The molecule has 0 heterocycles. The van der Waals surface area contributed by atoms with Crippen LogP contribution in [0.3, 0.4) is 0 Å². The average molecular weight is 264 g/mol. The summed E-state index contributed by atoms with van der Waals surface area (Å²) in [5.41, 5.74) is 5.85. The third-order valence-corrected chi connectivity index (χ3v) is 5.94. The van der Waals surface area contributed by atoms with Crippen LogP contribution in [0.5, 0.6) is 0 Å². The van der Waals surface area contributed by atoms with Crippen molar-refractivity contribution in [3.8, 4) is 0 Å². The molecular weight excluding hydrogens is 236 g/mol. The molecule has 1 unspecified atom stereocenters. The molecule has 4 aliphatic rings. The largest absolute Gasteiger partial charge is 0.355 e. The maximum atomic E-state index is 12.4. The van der Waals surface area contributed by atoms with Crippen molar-refractivity contribution in [1.29, 1.82) is 0 Å². The minimum Gasteiger partial charge on any atom is -0.355 e. The van der Waals surface area contributed by atoms with E-state index in [0.717, 1.165) is 24.8 Å². The molecule has 0 aromatic rings. The number of rotatable bonds is 4. The molecule has 3 heteroatoms. The van der Waals surface area contributed by atoms with Gasteiger partial charge < -0.3 is 11.1 Å².